The lowest BCUT2D eigenvalue weighted by Crippen LogP contribution is -2.58. The molecule has 3 rings (SSSR count). The molecule has 0 unspecified atom stereocenters. The van der Waals surface area contributed by atoms with E-state index in [-0.39, 0.29) is 5.91 Å². The fourth-order valence-electron chi connectivity index (χ4n) is 3.99. The number of hydrogen-bond acceptors (Lipinski definition) is 4. The summed E-state index contributed by atoms with van der Waals surface area (Å²) in [4.78, 5) is 14.5. The number of likely N-dealkylation sites (tertiary alicyclic amines) is 1. The van der Waals surface area contributed by atoms with Crippen LogP contribution in [0.2, 0.25) is 0 Å². The fourth-order valence-corrected chi connectivity index (χ4v) is 5.40. The van der Waals surface area contributed by atoms with Gasteiger partial charge in [-0.1, -0.05) is 0 Å². The van der Waals surface area contributed by atoms with Gasteiger partial charge in [0.15, 0.2) is 0 Å². The van der Waals surface area contributed by atoms with Gasteiger partial charge in [-0.15, -0.1) is 0 Å². The van der Waals surface area contributed by atoms with Crippen LogP contribution in [0, 0.1) is 11.3 Å². The average molecular weight is 347 g/mol. The summed E-state index contributed by atoms with van der Waals surface area (Å²) >= 11 is 0. The van der Waals surface area contributed by atoms with E-state index >= 15 is 0 Å². The van der Waals surface area contributed by atoms with Gasteiger partial charge in [-0.05, 0) is 49.9 Å². The predicted octanol–water partition coefficient (Wildman–Crippen LogP) is 1.59. The Bertz CT molecular complexity index is 782. The van der Waals surface area contributed by atoms with Crippen LogP contribution in [0.3, 0.4) is 0 Å². The molecule has 0 aliphatic carbocycles. The van der Waals surface area contributed by atoms with Crippen LogP contribution in [0.5, 0.6) is 0 Å². The van der Waals surface area contributed by atoms with E-state index in [4.69, 9.17) is 5.26 Å². The summed E-state index contributed by atoms with van der Waals surface area (Å²) in [7, 11) is -3.27. The Labute approximate surface area is 142 Å². The highest BCUT2D eigenvalue weighted by Crippen LogP contribution is 2.39. The van der Waals surface area contributed by atoms with Crippen LogP contribution in [-0.2, 0) is 10.0 Å². The zero-order valence-corrected chi connectivity index (χ0v) is 14.6. The van der Waals surface area contributed by atoms with E-state index in [1.807, 2.05) is 6.07 Å². The predicted molar refractivity (Wildman–Crippen MR) is 89.8 cm³/mol. The third-order valence-corrected chi connectivity index (χ3v) is 6.41. The summed E-state index contributed by atoms with van der Waals surface area (Å²) in [6, 6.07) is 8.61. The molecule has 1 atom stereocenters. The van der Waals surface area contributed by atoms with Crippen molar-refractivity contribution in [2.45, 2.75) is 31.2 Å². The summed E-state index contributed by atoms with van der Waals surface area (Å²) < 4.78 is 25.8. The minimum atomic E-state index is -3.27. The summed E-state index contributed by atoms with van der Waals surface area (Å²) in [6.07, 6.45) is 4.50. The van der Waals surface area contributed by atoms with Crippen molar-refractivity contribution in [2.24, 2.45) is 0 Å². The molecule has 6 nitrogen and oxygen atoms in total. The quantitative estimate of drug-likeness (QED) is 0.813. The van der Waals surface area contributed by atoms with Crippen molar-refractivity contribution >= 4 is 15.9 Å². The largest absolute Gasteiger partial charge is 0.337 e. The maximum Gasteiger partial charge on any atom is 0.253 e. The molecule has 2 saturated heterocycles. The highest BCUT2D eigenvalue weighted by Gasteiger charge is 2.48. The van der Waals surface area contributed by atoms with E-state index in [1.165, 1.54) is 6.26 Å². The first-order valence-corrected chi connectivity index (χ1v) is 9.98. The van der Waals surface area contributed by atoms with Crippen molar-refractivity contribution in [1.29, 1.82) is 5.26 Å². The average Bonchev–Trinajstić information content (AvgIpc) is 2.97. The van der Waals surface area contributed by atoms with Gasteiger partial charge in [0.05, 0.1) is 23.4 Å². The van der Waals surface area contributed by atoms with Crippen LogP contribution in [0.15, 0.2) is 24.3 Å². The number of amides is 1. The van der Waals surface area contributed by atoms with Gasteiger partial charge in [-0.25, -0.2) is 8.42 Å². The van der Waals surface area contributed by atoms with Crippen LogP contribution in [0.1, 0.15) is 41.6 Å². The van der Waals surface area contributed by atoms with Gasteiger partial charge >= 0.3 is 0 Å². The number of nitrogens with zero attached hydrogens (tertiary/aromatic N) is 3. The Balaban J connectivity index is 1.82. The first kappa shape index (κ1) is 16.9. The van der Waals surface area contributed by atoms with Crippen LogP contribution in [0.4, 0.5) is 0 Å². The van der Waals surface area contributed by atoms with Crippen LogP contribution < -0.4 is 0 Å². The summed E-state index contributed by atoms with van der Waals surface area (Å²) in [6.45, 7) is 1.62. The molecule has 1 aromatic rings. The smallest absolute Gasteiger partial charge is 0.253 e. The number of nitriles is 1. The molecule has 0 bridgehead atoms. The lowest BCUT2D eigenvalue weighted by atomic mass is 9.87. The molecule has 128 valence electrons. The summed E-state index contributed by atoms with van der Waals surface area (Å²) in [5.41, 5.74) is 0.601. The Morgan fingerprint density at radius 3 is 2.38 bits per heavy atom. The maximum absolute atomic E-state index is 12.8. The van der Waals surface area contributed by atoms with Crippen molar-refractivity contribution in [3.05, 3.63) is 35.4 Å². The standard InChI is InChI=1S/C17H21N3O3S/c1-24(22,23)20-11-3-9-17(20)8-2-10-19(13-17)16(21)15-6-4-14(12-18)5-7-15/h4-7H,2-3,8-11,13H2,1H3/t17-/m1/s1. The van der Waals surface area contributed by atoms with E-state index < -0.39 is 15.6 Å². The summed E-state index contributed by atoms with van der Waals surface area (Å²) in [5, 5.41) is 8.85. The fraction of sp³-hybridized carbons (Fsp3) is 0.529. The molecule has 0 N–H and O–H groups in total. The number of piperidine rings is 1. The van der Waals surface area contributed by atoms with Crippen molar-refractivity contribution in [3.63, 3.8) is 0 Å². The molecular weight excluding hydrogens is 326 g/mol. The lowest BCUT2D eigenvalue weighted by Gasteiger charge is -2.44. The van der Waals surface area contributed by atoms with Gasteiger partial charge in [0.2, 0.25) is 10.0 Å². The molecule has 1 amide bonds. The molecule has 2 aliphatic rings. The van der Waals surface area contributed by atoms with E-state index in [0.717, 1.165) is 25.7 Å². The molecule has 1 spiro atoms. The van der Waals surface area contributed by atoms with Gasteiger partial charge < -0.3 is 4.90 Å². The van der Waals surface area contributed by atoms with E-state index in [0.29, 0.717) is 30.8 Å². The Morgan fingerprint density at radius 1 is 1.17 bits per heavy atom. The SMILES string of the molecule is CS(=O)(=O)N1CCC[C@@]12CCCN(C(=O)c1ccc(C#N)cc1)C2. The molecule has 24 heavy (non-hydrogen) atoms. The lowest BCUT2D eigenvalue weighted by molar-refractivity contribution is 0.0524. The first-order valence-electron chi connectivity index (χ1n) is 8.13. The highest BCUT2D eigenvalue weighted by molar-refractivity contribution is 7.88. The van der Waals surface area contributed by atoms with Crippen molar-refractivity contribution in [3.8, 4) is 6.07 Å². The third kappa shape index (κ3) is 3.04. The van der Waals surface area contributed by atoms with Gasteiger partial charge in [0, 0.05) is 25.2 Å². The monoisotopic (exact) mass is 347 g/mol. The molecule has 2 fully saturated rings. The second kappa shape index (κ2) is 6.19. The molecule has 2 heterocycles. The van der Waals surface area contributed by atoms with Crippen LogP contribution in [-0.4, -0.2) is 55.0 Å². The number of hydrogen-bond donors (Lipinski definition) is 0. The Hall–Kier alpha value is -1.91. The van der Waals surface area contributed by atoms with Gasteiger partial charge in [0.1, 0.15) is 0 Å². The van der Waals surface area contributed by atoms with Crippen LogP contribution >= 0.6 is 0 Å². The number of carbonyl (C=O) groups excluding carboxylic acids is 1. The topological polar surface area (TPSA) is 81.5 Å². The van der Waals surface area contributed by atoms with Crippen molar-refractivity contribution in [1.82, 2.24) is 9.21 Å². The molecule has 0 aromatic heterocycles. The first-order chi connectivity index (χ1) is 11.4. The Morgan fingerprint density at radius 2 is 1.79 bits per heavy atom. The molecule has 7 heteroatoms. The van der Waals surface area contributed by atoms with E-state index in [9.17, 15) is 13.2 Å². The van der Waals surface area contributed by atoms with E-state index in [2.05, 4.69) is 0 Å². The maximum atomic E-state index is 12.8. The third-order valence-electron chi connectivity index (χ3n) is 5.04. The zero-order chi connectivity index (χ0) is 17.4. The minimum absolute atomic E-state index is 0.0982. The number of benzene rings is 1. The van der Waals surface area contributed by atoms with Crippen molar-refractivity contribution in [2.75, 3.05) is 25.9 Å². The second-order valence-corrected chi connectivity index (χ2v) is 8.59. The van der Waals surface area contributed by atoms with Crippen molar-refractivity contribution < 1.29 is 13.2 Å². The van der Waals surface area contributed by atoms with Gasteiger partial charge in [-0.3, -0.25) is 4.79 Å². The molecular formula is C17H21N3O3S. The molecule has 1 aromatic carbocycles. The summed E-state index contributed by atoms with van der Waals surface area (Å²) in [5.74, 6) is -0.0982. The number of carbonyl (C=O) groups is 1. The van der Waals surface area contributed by atoms with Gasteiger partial charge in [0.25, 0.3) is 5.91 Å². The number of rotatable bonds is 2. The Kier molecular flexibility index (Phi) is 4.37. The van der Waals surface area contributed by atoms with E-state index in [1.54, 1.807) is 33.5 Å². The molecule has 2 aliphatic heterocycles. The molecule has 0 saturated carbocycles. The van der Waals surface area contributed by atoms with Gasteiger partial charge in [-0.2, -0.15) is 9.57 Å². The normalized spacial score (nSPS) is 24.9. The second-order valence-electron chi connectivity index (χ2n) is 6.68. The molecule has 0 radical (unpaired) electrons. The minimum Gasteiger partial charge on any atom is -0.337 e. The zero-order valence-electron chi connectivity index (χ0n) is 13.7. The van der Waals surface area contributed by atoms with Crippen LogP contribution in [0.25, 0.3) is 0 Å². The number of sulfonamides is 1. The highest BCUT2D eigenvalue weighted by atomic mass is 32.2.